The standard InChI is InChI=1S/C13H18N2O5/c14-12(16)9-19-7-5-15-6-8-20-11-3-1-10(2-4-11)13(17)18/h1-4,15H,5-9H2,(H2,14,16)(H,17,18). The first-order valence-corrected chi connectivity index (χ1v) is 6.12. The van der Waals surface area contributed by atoms with Crippen LogP contribution in [0.25, 0.3) is 0 Å². The number of nitrogens with two attached hydrogens (primary N) is 1. The lowest BCUT2D eigenvalue weighted by Crippen LogP contribution is -2.27. The van der Waals surface area contributed by atoms with Crippen molar-refractivity contribution in [2.24, 2.45) is 5.73 Å². The predicted octanol–water partition coefficient (Wildman–Crippen LogP) is -0.145. The molecule has 1 rings (SSSR count). The lowest BCUT2D eigenvalue weighted by Gasteiger charge is -2.08. The number of rotatable bonds is 10. The normalized spacial score (nSPS) is 10.2. The van der Waals surface area contributed by atoms with E-state index in [1.165, 1.54) is 12.1 Å². The Morgan fingerprint density at radius 1 is 1.15 bits per heavy atom. The van der Waals surface area contributed by atoms with Crippen molar-refractivity contribution in [1.82, 2.24) is 5.32 Å². The molecule has 0 spiro atoms. The smallest absolute Gasteiger partial charge is 0.335 e. The van der Waals surface area contributed by atoms with Gasteiger partial charge in [-0.3, -0.25) is 4.79 Å². The van der Waals surface area contributed by atoms with Gasteiger partial charge >= 0.3 is 5.97 Å². The molecule has 0 fully saturated rings. The quantitative estimate of drug-likeness (QED) is 0.515. The molecule has 0 atom stereocenters. The third kappa shape index (κ3) is 6.72. The molecule has 0 aliphatic rings. The van der Waals surface area contributed by atoms with Crippen molar-refractivity contribution in [2.75, 3.05) is 32.9 Å². The number of aromatic carboxylic acids is 1. The second-order valence-electron chi connectivity index (χ2n) is 3.95. The van der Waals surface area contributed by atoms with Crippen LogP contribution in [0.3, 0.4) is 0 Å². The Balaban J connectivity index is 2.06. The number of carboxylic acids is 1. The van der Waals surface area contributed by atoms with E-state index in [9.17, 15) is 9.59 Å². The fraction of sp³-hybridized carbons (Fsp3) is 0.385. The van der Waals surface area contributed by atoms with Crippen molar-refractivity contribution < 1.29 is 24.2 Å². The van der Waals surface area contributed by atoms with Crippen LogP contribution in [0.1, 0.15) is 10.4 Å². The largest absolute Gasteiger partial charge is 0.492 e. The van der Waals surface area contributed by atoms with Gasteiger partial charge in [0.05, 0.1) is 12.2 Å². The number of ether oxygens (including phenoxy) is 2. The number of nitrogens with one attached hydrogen (secondary N) is 1. The maximum atomic E-state index is 10.6. The Morgan fingerprint density at radius 3 is 2.40 bits per heavy atom. The molecule has 1 aromatic rings. The van der Waals surface area contributed by atoms with Gasteiger partial charge in [-0.15, -0.1) is 0 Å². The molecule has 0 aliphatic carbocycles. The van der Waals surface area contributed by atoms with Gasteiger partial charge < -0.3 is 25.6 Å². The molecule has 0 bridgehead atoms. The zero-order chi connectivity index (χ0) is 14.8. The molecule has 1 aromatic carbocycles. The highest BCUT2D eigenvalue weighted by molar-refractivity contribution is 5.87. The minimum Gasteiger partial charge on any atom is -0.492 e. The van der Waals surface area contributed by atoms with Crippen molar-refractivity contribution in [1.29, 1.82) is 0 Å². The summed E-state index contributed by atoms with van der Waals surface area (Å²) >= 11 is 0. The van der Waals surface area contributed by atoms with Gasteiger partial charge in [-0.05, 0) is 24.3 Å². The van der Waals surface area contributed by atoms with E-state index in [0.29, 0.717) is 32.1 Å². The average molecular weight is 282 g/mol. The molecule has 0 unspecified atom stereocenters. The third-order valence-corrected chi connectivity index (χ3v) is 2.32. The molecule has 0 saturated carbocycles. The molecule has 4 N–H and O–H groups in total. The highest BCUT2D eigenvalue weighted by Crippen LogP contribution is 2.11. The minimum atomic E-state index is -0.964. The molecule has 0 aliphatic heterocycles. The molecular weight excluding hydrogens is 264 g/mol. The first-order chi connectivity index (χ1) is 9.59. The van der Waals surface area contributed by atoms with E-state index in [1.54, 1.807) is 12.1 Å². The molecule has 7 heteroatoms. The second-order valence-corrected chi connectivity index (χ2v) is 3.95. The molecule has 0 saturated heterocycles. The van der Waals surface area contributed by atoms with Crippen molar-refractivity contribution >= 4 is 11.9 Å². The van der Waals surface area contributed by atoms with E-state index >= 15 is 0 Å². The summed E-state index contributed by atoms with van der Waals surface area (Å²) in [6.45, 7) is 1.97. The van der Waals surface area contributed by atoms with Crippen LogP contribution >= 0.6 is 0 Å². The molecule has 0 radical (unpaired) electrons. The molecule has 110 valence electrons. The molecule has 0 heterocycles. The average Bonchev–Trinajstić information content (AvgIpc) is 2.42. The summed E-state index contributed by atoms with van der Waals surface area (Å²) in [5.74, 6) is -0.839. The van der Waals surface area contributed by atoms with E-state index in [1.807, 2.05) is 0 Å². The summed E-state index contributed by atoms with van der Waals surface area (Å²) in [4.78, 5) is 21.0. The number of benzene rings is 1. The molecule has 1 amide bonds. The first kappa shape index (κ1) is 15.9. The van der Waals surface area contributed by atoms with Crippen LogP contribution in [0.15, 0.2) is 24.3 Å². The SMILES string of the molecule is NC(=O)COCCNCCOc1ccc(C(=O)O)cc1. The number of hydrogen-bond acceptors (Lipinski definition) is 5. The minimum absolute atomic E-state index is 0.0753. The van der Waals surface area contributed by atoms with E-state index in [4.69, 9.17) is 20.3 Å². The topological polar surface area (TPSA) is 111 Å². The second kappa shape index (κ2) is 8.89. The van der Waals surface area contributed by atoms with Crippen molar-refractivity contribution in [3.05, 3.63) is 29.8 Å². The van der Waals surface area contributed by atoms with Gasteiger partial charge in [-0.2, -0.15) is 0 Å². The van der Waals surface area contributed by atoms with E-state index in [0.717, 1.165) is 0 Å². The van der Waals surface area contributed by atoms with Crippen LogP contribution in [-0.2, 0) is 9.53 Å². The number of carbonyl (C=O) groups excluding carboxylic acids is 1. The van der Waals surface area contributed by atoms with Gasteiger partial charge in [-0.25, -0.2) is 4.79 Å². The zero-order valence-electron chi connectivity index (χ0n) is 11.0. The highest BCUT2D eigenvalue weighted by Gasteiger charge is 2.01. The Kier molecular flexibility index (Phi) is 7.08. The summed E-state index contributed by atoms with van der Waals surface area (Å²) in [6, 6.07) is 6.20. The number of hydrogen-bond donors (Lipinski definition) is 3. The van der Waals surface area contributed by atoms with Gasteiger partial charge in [-0.1, -0.05) is 0 Å². The highest BCUT2D eigenvalue weighted by atomic mass is 16.5. The van der Waals surface area contributed by atoms with E-state index in [-0.39, 0.29) is 12.2 Å². The lowest BCUT2D eigenvalue weighted by atomic mass is 10.2. The maximum Gasteiger partial charge on any atom is 0.335 e. The lowest BCUT2D eigenvalue weighted by molar-refractivity contribution is -0.122. The Hall–Kier alpha value is -2.12. The Bertz CT molecular complexity index is 433. The molecule has 20 heavy (non-hydrogen) atoms. The fourth-order valence-electron chi connectivity index (χ4n) is 1.38. The monoisotopic (exact) mass is 282 g/mol. The van der Waals surface area contributed by atoms with Gasteiger partial charge in [0.2, 0.25) is 5.91 Å². The number of primary amides is 1. The zero-order valence-corrected chi connectivity index (χ0v) is 11.0. The van der Waals surface area contributed by atoms with Gasteiger partial charge in [0.25, 0.3) is 0 Å². The molecular formula is C13H18N2O5. The fourth-order valence-corrected chi connectivity index (χ4v) is 1.38. The van der Waals surface area contributed by atoms with Crippen molar-refractivity contribution in [2.45, 2.75) is 0 Å². The summed E-state index contributed by atoms with van der Waals surface area (Å²) in [5, 5.41) is 11.8. The van der Waals surface area contributed by atoms with Crippen LogP contribution in [-0.4, -0.2) is 49.9 Å². The summed E-state index contributed by atoms with van der Waals surface area (Å²) in [7, 11) is 0. The van der Waals surface area contributed by atoms with E-state index < -0.39 is 11.9 Å². The summed E-state index contributed by atoms with van der Waals surface area (Å²) in [5.41, 5.74) is 5.13. The maximum absolute atomic E-state index is 10.6. The summed E-state index contributed by atoms with van der Waals surface area (Å²) in [6.07, 6.45) is 0. The molecule has 0 aromatic heterocycles. The summed E-state index contributed by atoms with van der Waals surface area (Å²) < 4.78 is 10.4. The first-order valence-electron chi connectivity index (χ1n) is 6.12. The van der Waals surface area contributed by atoms with E-state index in [2.05, 4.69) is 5.32 Å². The third-order valence-electron chi connectivity index (χ3n) is 2.32. The Labute approximate surface area is 116 Å². The van der Waals surface area contributed by atoms with Crippen LogP contribution in [0, 0.1) is 0 Å². The predicted molar refractivity (Wildman–Crippen MR) is 71.8 cm³/mol. The number of carboxylic acid groups (broad SMARTS) is 1. The van der Waals surface area contributed by atoms with Gasteiger partial charge in [0.15, 0.2) is 0 Å². The Morgan fingerprint density at radius 2 is 1.80 bits per heavy atom. The van der Waals surface area contributed by atoms with Crippen LogP contribution < -0.4 is 15.8 Å². The van der Waals surface area contributed by atoms with Crippen molar-refractivity contribution in [3.8, 4) is 5.75 Å². The molecule has 7 nitrogen and oxygen atoms in total. The number of amides is 1. The van der Waals surface area contributed by atoms with Gasteiger partial charge in [0, 0.05) is 13.1 Å². The van der Waals surface area contributed by atoms with Crippen LogP contribution in [0.2, 0.25) is 0 Å². The van der Waals surface area contributed by atoms with Crippen LogP contribution in [0.4, 0.5) is 0 Å². The van der Waals surface area contributed by atoms with Crippen molar-refractivity contribution in [3.63, 3.8) is 0 Å². The number of carbonyl (C=O) groups is 2. The van der Waals surface area contributed by atoms with Crippen LogP contribution in [0.5, 0.6) is 5.75 Å². The van der Waals surface area contributed by atoms with Gasteiger partial charge in [0.1, 0.15) is 19.0 Å².